The van der Waals surface area contributed by atoms with E-state index >= 15 is 0 Å². The summed E-state index contributed by atoms with van der Waals surface area (Å²) in [6.07, 6.45) is 1.56. The molecule has 0 aliphatic heterocycles. The van der Waals surface area contributed by atoms with E-state index in [9.17, 15) is 9.59 Å². The Balaban J connectivity index is 1.67. The molecule has 29 heavy (non-hydrogen) atoms. The van der Waals surface area contributed by atoms with Crippen LogP contribution < -0.4 is 9.47 Å². The molecule has 0 atom stereocenters. The second-order valence-corrected chi connectivity index (χ2v) is 6.06. The number of carbonyl (C=O) groups excluding carboxylic acids is 2. The van der Waals surface area contributed by atoms with Gasteiger partial charge in [0.2, 0.25) is 0 Å². The second kappa shape index (κ2) is 8.18. The minimum absolute atomic E-state index is 0.189. The van der Waals surface area contributed by atoms with Gasteiger partial charge in [-0.25, -0.2) is 9.59 Å². The van der Waals surface area contributed by atoms with Gasteiger partial charge in [-0.3, -0.25) is 5.10 Å². The van der Waals surface area contributed by atoms with Crippen molar-refractivity contribution in [2.75, 3.05) is 0 Å². The van der Waals surface area contributed by atoms with E-state index in [0.717, 1.165) is 0 Å². The van der Waals surface area contributed by atoms with E-state index in [1.54, 1.807) is 66.9 Å². The summed E-state index contributed by atoms with van der Waals surface area (Å²) in [7, 11) is 0. The number of aromatic nitrogens is 3. The van der Waals surface area contributed by atoms with Gasteiger partial charge in [0.25, 0.3) is 0 Å². The normalized spacial score (nSPS) is 10.3. The van der Waals surface area contributed by atoms with Crippen LogP contribution in [0.15, 0.2) is 85.1 Å². The van der Waals surface area contributed by atoms with Crippen molar-refractivity contribution in [2.45, 2.75) is 0 Å². The Kier molecular flexibility index (Phi) is 5.11. The zero-order chi connectivity index (χ0) is 20.1. The number of aromatic amines is 1. The van der Waals surface area contributed by atoms with E-state index < -0.39 is 11.9 Å². The average Bonchev–Trinajstić information content (AvgIpc) is 3.30. The Labute approximate surface area is 165 Å². The maximum Gasteiger partial charge on any atom is 0.343 e. The first kappa shape index (κ1) is 18.1. The van der Waals surface area contributed by atoms with Crippen molar-refractivity contribution in [3.05, 3.63) is 96.2 Å². The first-order chi connectivity index (χ1) is 14.2. The molecule has 4 rings (SSSR count). The Hall–Kier alpha value is -4.26. The second-order valence-electron chi connectivity index (χ2n) is 6.06. The molecule has 0 bridgehead atoms. The lowest BCUT2D eigenvalue weighted by molar-refractivity contribution is 0.0734. The summed E-state index contributed by atoms with van der Waals surface area (Å²) in [4.78, 5) is 25.3. The Morgan fingerprint density at radius 1 is 0.724 bits per heavy atom. The summed E-state index contributed by atoms with van der Waals surface area (Å²) in [5.74, 6) is -0.402. The number of benzene rings is 3. The van der Waals surface area contributed by atoms with Crippen LogP contribution in [0.5, 0.6) is 11.5 Å². The highest BCUT2D eigenvalue weighted by molar-refractivity contribution is 5.98. The van der Waals surface area contributed by atoms with Crippen LogP contribution in [0.25, 0.3) is 11.3 Å². The van der Waals surface area contributed by atoms with Crippen molar-refractivity contribution in [1.82, 2.24) is 15.4 Å². The fraction of sp³-hybridized carbons (Fsp3) is 0. The number of para-hydroxylation sites is 2. The molecule has 0 unspecified atom stereocenters. The van der Waals surface area contributed by atoms with Gasteiger partial charge in [0.05, 0.1) is 11.1 Å². The van der Waals surface area contributed by atoms with Crippen molar-refractivity contribution in [3.8, 4) is 22.8 Å². The largest absolute Gasteiger partial charge is 0.423 e. The van der Waals surface area contributed by atoms with E-state index in [1.165, 1.54) is 6.07 Å². The number of H-pyrrole nitrogens is 1. The lowest BCUT2D eigenvalue weighted by Crippen LogP contribution is -2.13. The topological polar surface area (TPSA) is 94.2 Å². The fourth-order valence-corrected chi connectivity index (χ4v) is 2.66. The fourth-order valence-electron chi connectivity index (χ4n) is 2.66. The van der Waals surface area contributed by atoms with Crippen LogP contribution in [0, 0.1) is 0 Å². The number of hydrogen-bond acceptors (Lipinski definition) is 6. The minimum Gasteiger partial charge on any atom is -0.423 e. The molecule has 7 nitrogen and oxygen atoms in total. The Morgan fingerprint density at radius 3 is 1.69 bits per heavy atom. The predicted octanol–water partition coefficient (Wildman–Crippen LogP) is 3.91. The van der Waals surface area contributed by atoms with Crippen LogP contribution in [-0.4, -0.2) is 27.3 Å². The van der Waals surface area contributed by atoms with E-state index in [2.05, 4.69) is 15.4 Å². The third-order valence-electron chi connectivity index (χ3n) is 4.02. The first-order valence-corrected chi connectivity index (χ1v) is 8.75. The van der Waals surface area contributed by atoms with Crippen molar-refractivity contribution in [1.29, 1.82) is 0 Å². The van der Waals surface area contributed by atoms with E-state index in [4.69, 9.17) is 9.47 Å². The maximum absolute atomic E-state index is 12.7. The molecule has 1 N–H and O–H groups in total. The first-order valence-electron chi connectivity index (χ1n) is 8.75. The van der Waals surface area contributed by atoms with Gasteiger partial charge in [-0.2, -0.15) is 0 Å². The highest BCUT2D eigenvalue weighted by atomic mass is 16.5. The van der Waals surface area contributed by atoms with Gasteiger partial charge in [-0.15, -0.1) is 5.10 Å². The summed E-state index contributed by atoms with van der Waals surface area (Å²) < 4.78 is 10.8. The standard InChI is InChI=1S/C22H15N3O4/c26-21(28-18-7-3-1-4-8-18)16-11-15(20-14-23-25-24-20)12-17(13-16)22(27)29-19-9-5-2-6-10-19/h1-14H,(H,23,24,25). The number of esters is 2. The van der Waals surface area contributed by atoms with E-state index in [1.807, 2.05) is 12.1 Å². The van der Waals surface area contributed by atoms with Crippen molar-refractivity contribution >= 4 is 11.9 Å². The van der Waals surface area contributed by atoms with E-state index in [0.29, 0.717) is 22.8 Å². The number of ether oxygens (including phenoxy) is 2. The van der Waals surface area contributed by atoms with Gasteiger partial charge in [0.1, 0.15) is 17.2 Å². The molecular weight excluding hydrogens is 370 g/mol. The zero-order valence-corrected chi connectivity index (χ0v) is 15.1. The molecule has 4 aromatic rings. The SMILES string of the molecule is O=C(Oc1ccccc1)c1cc(C(=O)Oc2ccccc2)cc(-c2c[nH]nn2)c1. The van der Waals surface area contributed by atoms with Crippen molar-refractivity contribution in [2.24, 2.45) is 0 Å². The highest BCUT2D eigenvalue weighted by Gasteiger charge is 2.18. The van der Waals surface area contributed by atoms with Gasteiger partial charge in [-0.1, -0.05) is 41.6 Å². The van der Waals surface area contributed by atoms with Crippen LogP contribution in [-0.2, 0) is 0 Å². The molecule has 0 radical (unpaired) electrons. The van der Waals surface area contributed by atoms with Crippen molar-refractivity contribution < 1.29 is 19.1 Å². The van der Waals surface area contributed by atoms with Crippen LogP contribution >= 0.6 is 0 Å². The third-order valence-corrected chi connectivity index (χ3v) is 4.02. The van der Waals surface area contributed by atoms with E-state index in [-0.39, 0.29) is 11.1 Å². The Bertz CT molecular complexity index is 1060. The molecule has 0 aliphatic carbocycles. The number of hydrogen-bond donors (Lipinski definition) is 1. The van der Waals surface area contributed by atoms with Crippen LogP contribution in [0.2, 0.25) is 0 Å². The smallest absolute Gasteiger partial charge is 0.343 e. The van der Waals surface area contributed by atoms with Crippen molar-refractivity contribution in [3.63, 3.8) is 0 Å². The lowest BCUT2D eigenvalue weighted by atomic mass is 10.0. The molecule has 0 spiro atoms. The molecule has 7 heteroatoms. The van der Waals surface area contributed by atoms with Crippen LogP contribution in [0.3, 0.4) is 0 Å². The monoisotopic (exact) mass is 385 g/mol. The highest BCUT2D eigenvalue weighted by Crippen LogP contribution is 2.23. The number of nitrogens with zero attached hydrogens (tertiary/aromatic N) is 2. The van der Waals surface area contributed by atoms with Gasteiger partial charge < -0.3 is 9.47 Å². The summed E-state index contributed by atoms with van der Waals surface area (Å²) in [5, 5.41) is 10.2. The zero-order valence-electron chi connectivity index (χ0n) is 15.1. The maximum atomic E-state index is 12.7. The average molecular weight is 385 g/mol. The molecule has 142 valence electrons. The van der Waals surface area contributed by atoms with Crippen LogP contribution in [0.4, 0.5) is 0 Å². The summed E-state index contributed by atoms with van der Waals surface area (Å²) in [6.45, 7) is 0. The molecule has 3 aromatic carbocycles. The molecule has 0 saturated carbocycles. The van der Waals surface area contributed by atoms with Gasteiger partial charge in [-0.05, 0) is 42.5 Å². The molecule has 0 fully saturated rings. The summed E-state index contributed by atoms with van der Waals surface area (Å²) >= 11 is 0. The van der Waals surface area contributed by atoms with Crippen LogP contribution in [0.1, 0.15) is 20.7 Å². The quantitative estimate of drug-likeness (QED) is 0.413. The van der Waals surface area contributed by atoms with Gasteiger partial charge in [0, 0.05) is 11.8 Å². The number of nitrogens with one attached hydrogen (secondary N) is 1. The molecule has 0 aliphatic rings. The van der Waals surface area contributed by atoms with Gasteiger partial charge in [0.15, 0.2) is 0 Å². The summed E-state index contributed by atoms with van der Waals surface area (Å²) in [6, 6.07) is 22.0. The third kappa shape index (κ3) is 4.36. The molecule has 1 heterocycles. The summed E-state index contributed by atoms with van der Waals surface area (Å²) in [5.41, 5.74) is 1.39. The molecule has 1 aromatic heterocycles. The van der Waals surface area contributed by atoms with Gasteiger partial charge >= 0.3 is 11.9 Å². The number of rotatable bonds is 5. The minimum atomic E-state index is -0.602. The molecule has 0 amide bonds. The number of carbonyl (C=O) groups is 2. The lowest BCUT2D eigenvalue weighted by Gasteiger charge is -2.09. The Morgan fingerprint density at radius 2 is 1.24 bits per heavy atom. The molecular formula is C22H15N3O4. The predicted molar refractivity (Wildman–Crippen MR) is 105 cm³/mol. The molecule has 0 saturated heterocycles.